The Morgan fingerprint density at radius 1 is 1.29 bits per heavy atom. The molecule has 0 unspecified atom stereocenters. The summed E-state index contributed by atoms with van der Waals surface area (Å²) in [7, 11) is 0. The summed E-state index contributed by atoms with van der Waals surface area (Å²) in [6.07, 6.45) is 2.01. The molecule has 2 rings (SSSR count). The molecule has 1 fully saturated rings. The van der Waals surface area contributed by atoms with Gasteiger partial charge in [-0.1, -0.05) is 37.3 Å². The molecule has 0 aromatic heterocycles. The first-order valence-electron chi connectivity index (χ1n) is 7.81. The molecule has 1 aromatic carbocycles. The third kappa shape index (κ3) is 3.43. The van der Waals surface area contributed by atoms with Crippen molar-refractivity contribution in [1.29, 1.82) is 0 Å². The summed E-state index contributed by atoms with van der Waals surface area (Å²) in [4.78, 5) is 26.5. The van der Waals surface area contributed by atoms with Crippen LogP contribution in [-0.2, 0) is 9.59 Å². The van der Waals surface area contributed by atoms with Gasteiger partial charge >= 0.3 is 0 Å². The predicted molar refractivity (Wildman–Crippen MR) is 82.6 cm³/mol. The number of benzene rings is 1. The van der Waals surface area contributed by atoms with Crippen LogP contribution in [0.3, 0.4) is 0 Å². The molecule has 1 aliphatic rings. The third-order valence-electron chi connectivity index (χ3n) is 4.07. The summed E-state index contributed by atoms with van der Waals surface area (Å²) in [6.45, 7) is 5.34. The molecular weight excluding hydrogens is 264 g/mol. The number of carbonyl (C=O) groups excluding carboxylic acids is 2. The Kier molecular flexibility index (Phi) is 5.37. The maximum atomic E-state index is 12.5. The van der Waals surface area contributed by atoms with Crippen molar-refractivity contribution in [2.45, 2.75) is 39.2 Å². The highest BCUT2D eigenvalue weighted by molar-refractivity contribution is 5.85. The fraction of sp³-hybridized carbons (Fsp3) is 0.529. The van der Waals surface area contributed by atoms with Crippen molar-refractivity contribution in [1.82, 2.24) is 10.2 Å². The first-order valence-corrected chi connectivity index (χ1v) is 7.81. The van der Waals surface area contributed by atoms with E-state index >= 15 is 0 Å². The van der Waals surface area contributed by atoms with Crippen molar-refractivity contribution < 1.29 is 9.59 Å². The molecule has 1 aliphatic heterocycles. The van der Waals surface area contributed by atoms with E-state index < -0.39 is 0 Å². The number of hydrogen-bond donors (Lipinski definition) is 1. The number of rotatable bonds is 5. The summed E-state index contributed by atoms with van der Waals surface area (Å²) in [5.41, 5.74) is 1.05. The molecule has 1 N–H and O–H groups in total. The SMILES string of the molecule is CCCNC(=O)[C@@H]1CCC(=O)N(CC)[C@H]1c1ccccc1. The van der Waals surface area contributed by atoms with Crippen LogP contribution in [0.25, 0.3) is 0 Å². The number of likely N-dealkylation sites (tertiary alicyclic amines) is 1. The first-order chi connectivity index (χ1) is 10.2. The molecule has 21 heavy (non-hydrogen) atoms. The Morgan fingerprint density at radius 2 is 2.00 bits per heavy atom. The van der Waals surface area contributed by atoms with Crippen LogP contribution in [0, 0.1) is 5.92 Å². The standard InChI is InChI=1S/C17H24N2O2/c1-3-12-18-17(21)14-10-11-15(20)19(4-2)16(14)13-8-6-5-7-9-13/h5-9,14,16H,3-4,10-12H2,1-2H3,(H,18,21)/t14-,16+/m1/s1. The second kappa shape index (κ2) is 7.25. The van der Waals surface area contributed by atoms with E-state index in [0.29, 0.717) is 25.9 Å². The summed E-state index contributed by atoms with van der Waals surface area (Å²) in [5.74, 6) is 0.0548. The number of piperidine rings is 1. The number of carbonyl (C=O) groups is 2. The van der Waals surface area contributed by atoms with Crippen molar-refractivity contribution in [3.05, 3.63) is 35.9 Å². The Hall–Kier alpha value is -1.84. The maximum Gasteiger partial charge on any atom is 0.225 e. The molecule has 4 heteroatoms. The summed E-state index contributed by atoms with van der Waals surface area (Å²) >= 11 is 0. The van der Waals surface area contributed by atoms with E-state index in [1.165, 1.54) is 0 Å². The summed E-state index contributed by atoms with van der Waals surface area (Å²) in [5, 5.41) is 2.98. The third-order valence-corrected chi connectivity index (χ3v) is 4.07. The van der Waals surface area contributed by atoms with E-state index in [9.17, 15) is 9.59 Å². The van der Waals surface area contributed by atoms with Gasteiger partial charge in [0.1, 0.15) is 0 Å². The van der Waals surface area contributed by atoms with Crippen molar-refractivity contribution in [2.24, 2.45) is 5.92 Å². The molecule has 1 heterocycles. The number of hydrogen-bond acceptors (Lipinski definition) is 2. The number of nitrogens with zero attached hydrogens (tertiary/aromatic N) is 1. The van der Waals surface area contributed by atoms with E-state index in [2.05, 4.69) is 5.32 Å². The average Bonchev–Trinajstić information content (AvgIpc) is 2.53. The van der Waals surface area contributed by atoms with Crippen LogP contribution in [-0.4, -0.2) is 29.8 Å². The molecule has 4 nitrogen and oxygen atoms in total. The Labute approximate surface area is 126 Å². The fourth-order valence-corrected chi connectivity index (χ4v) is 3.04. The molecule has 1 saturated heterocycles. The molecule has 0 aliphatic carbocycles. The lowest BCUT2D eigenvalue weighted by Gasteiger charge is -2.40. The highest BCUT2D eigenvalue weighted by Gasteiger charge is 2.39. The van der Waals surface area contributed by atoms with Crippen LogP contribution in [0.5, 0.6) is 0 Å². The molecule has 0 radical (unpaired) electrons. The predicted octanol–water partition coefficient (Wildman–Crippen LogP) is 2.51. The first kappa shape index (κ1) is 15.5. The van der Waals surface area contributed by atoms with Gasteiger partial charge in [-0.3, -0.25) is 9.59 Å². The molecule has 0 spiro atoms. The highest BCUT2D eigenvalue weighted by atomic mass is 16.2. The highest BCUT2D eigenvalue weighted by Crippen LogP contribution is 2.36. The normalized spacial score (nSPS) is 22.2. The van der Waals surface area contributed by atoms with Gasteiger partial charge in [0.15, 0.2) is 0 Å². The molecule has 2 atom stereocenters. The Bertz CT molecular complexity index is 487. The average molecular weight is 288 g/mol. The van der Waals surface area contributed by atoms with Crippen LogP contribution in [0.1, 0.15) is 44.7 Å². The minimum absolute atomic E-state index is 0.0663. The maximum absolute atomic E-state index is 12.5. The summed E-state index contributed by atoms with van der Waals surface area (Å²) < 4.78 is 0. The van der Waals surface area contributed by atoms with Crippen molar-refractivity contribution in [2.75, 3.05) is 13.1 Å². The Balaban J connectivity index is 2.29. The zero-order valence-electron chi connectivity index (χ0n) is 12.8. The number of amides is 2. The molecule has 1 aromatic rings. The van der Waals surface area contributed by atoms with Gasteiger partial charge in [0.2, 0.25) is 11.8 Å². The van der Waals surface area contributed by atoms with Crippen LogP contribution in [0.2, 0.25) is 0 Å². The largest absolute Gasteiger partial charge is 0.356 e. The van der Waals surface area contributed by atoms with Crippen LogP contribution >= 0.6 is 0 Å². The van der Waals surface area contributed by atoms with Gasteiger partial charge in [-0.2, -0.15) is 0 Å². The van der Waals surface area contributed by atoms with E-state index in [0.717, 1.165) is 12.0 Å². The molecular formula is C17H24N2O2. The smallest absolute Gasteiger partial charge is 0.225 e. The van der Waals surface area contributed by atoms with Crippen molar-refractivity contribution in [3.63, 3.8) is 0 Å². The van der Waals surface area contributed by atoms with Gasteiger partial charge < -0.3 is 10.2 Å². The lowest BCUT2D eigenvalue weighted by Crippen LogP contribution is -2.48. The van der Waals surface area contributed by atoms with Gasteiger partial charge in [-0.25, -0.2) is 0 Å². The zero-order chi connectivity index (χ0) is 15.2. The van der Waals surface area contributed by atoms with E-state index in [1.54, 1.807) is 0 Å². The molecule has 0 bridgehead atoms. The minimum atomic E-state index is -0.156. The van der Waals surface area contributed by atoms with Crippen molar-refractivity contribution in [3.8, 4) is 0 Å². The topological polar surface area (TPSA) is 49.4 Å². The Morgan fingerprint density at radius 3 is 2.62 bits per heavy atom. The fourth-order valence-electron chi connectivity index (χ4n) is 3.04. The zero-order valence-corrected chi connectivity index (χ0v) is 12.8. The summed E-state index contributed by atoms with van der Waals surface area (Å²) in [6, 6.07) is 9.75. The number of nitrogens with one attached hydrogen (secondary N) is 1. The minimum Gasteiger partial charge on any atom is -0.356 e. The second-order valence-electron chi connectivity index (χ2n) is 5.47. The van der Waals surface area contributed by atoms with Crippen LogP contribution < -0.4 is 5.32 Å². The quantitative estimate of drug-likeness (QED) is 0.905. The van der Waals surface area contributed by atoms with Crippen LogP contribution in [0.15, 0.2) is 30.3 Å². The van der Waals surface area contributed by atoms with Crippen molar-refractivity contribution >= 4 is 11.8 Å². The van der Waals surface area contributed by atoms with E-state index in [-0.39, 0.29) is 23.8 Å². The monoisotopic (exact) mass is 288 g/mol. The molecule has 0 saturated carbocycles. The van der Waals surface area contributed by atoms with Crippen LogP contribution in [0.4, 0.5) is 0 Å². The van der Waals surface area contributed by atoms with Gasteiger partial charge in [-0.05, 0) is 25.3 Å². The van der Waals surface area contributed by atoms with Gasteiger partial charge in [0.25, 0.3) is 0 Å². The van der Waals surface area contributed by atoms with Gasteiger partial charge in [-0.15, -0.1) is 0 Å². The molecule has 114 valence electrons. The second-order valence-corrected chi connectivity index (χ2v) is 5.47. The van der Waals surface area contributed by atoms with E-state index in [4.69, 9.17) is 0 Å². The lowest BCUT2D eigenvalue weighted by molar-refractivity contribution is -0.143. The van der Waals surface area contributed by atoms with Gasteiger partial charge in [0.05, 0.1) is 12.0 Å². The molecule has 2 amide bonds. The lowest BCUT2D eigenvalue weighted by atomic mass is 9.83. The van der Waals surface area contributed by atoms with E-state index in [1.807, 2.05) is 49.1 Å². The van der Waals surface area contributed by atoms with Gasteiger partial charge in [0, 0.05) is 19.5 Å².